The van der Waals surface area contributed by atoms with Crippen molar-refractivity contribution in [2.45, 2.75) is 51.8 Å². The molecule has 1 nitrogen and oxygen atoms in total. The molecule has 0 radical (unpaired) electrons. The highest BCUT2D eigenvalue weighted by Crippen LogP contribution is 2.17. The molecule has 18 heavy (non-hydrogen) atoms. The largest absolute Gasteiger partial charge is 0.314 e. The van der Waals surface area contributed by atoms with Crippen LogP contribution in [-0.4, -0.2) is 18.3 Å². The molecule has 0 saturated heterocycles. The Morgan fingerprint density at radius 1 is 1.28 bits per heavy atom. The van der Waals surface area contributed by atoms with Crippen molar-refractivity contribution in [2.75, 3.05) is 12.3 Å². The van der Waals surface area contributed by atoms with E-state index in [0.717, 1.165) is 12.3 Å². The monoisotopic (exact) mass is 265 g/mol. The summed E-state index contributed by atoms with van der Waals surface area (Å²) in [6, 6.07) is 9.37. The highest BCUT2D eigenvalue weighted by Gasteiger charge is 2.01. The van der Waals surface area contributed by atoms with Gasteiger partial charge in [-0.15, -0.1) is 0 Å². The van der Waals surface area contributed by atoms with E-state index in [1.807, 2.05) is 0 Å². The Labute approximate surface area is 117 Å². The molecule has 0 aliphatic rings. The molecule has 1 aromatic rings. The van der Waals surface area contributed by atoms with Crippen molar-refractivity contribution in [3.63, 3.8) is 0 Å². The zero-order valence-electron chi connectivity index (χ0n) is 12.0. The zero-order valence-corrected chi connectivity index (χ0v) is 12.9. The molecule has 0 fully saturated rings. The smallest absolute Gasteiger partial charge is 0.0187 e. The van der Waals surface area contributed by atoms with Gasteiger partial charge in [-0.05, 0) is 56.5 Å². The van der Waals surface area contributed by atoms with Gasteiger partial charge in [0.1, 0.15) is 0 Å². The maximum atomic E-state index is 3.54. The van der Waals surface area contributed by atoms with Gasteiger partial charge in [0.25, 0.3) is 0 Å². The Balaban J connectivity index is 2.07. The first-order valence-corrected chi connectivity index (χ1v) is 8.25. The first-order chi connectivity index (χ1) is 8.74. The van der Waals surface area contributed by atoms with E-state index in [2.05, 4.69) is 62.1 Å². The minimum absolute atomic E-state index is 0.670. The molecule has 0 bridgehead atoms. The predicted octanol–water partition coefficient (Wildman–Crippen LogP) is 4.40. The maximum absolute atomic E-state index is 3.54. The normalized spacial score (nSPS) is 12.6. The van der Waals surface area contributed by atoms with Gasteiger partial charge < -0.3 is 5.32 Å². The summed E-state index contributed by atoms with van der Waals surface area (Å²) in [5, 5.41) is 3.54. The van der Waals surface area contributed by atoms with Crippen LogP contribution < -0.4 is 5.32 Å². The lowest BCUT2D eigenvalue weighted by Crippen LogP contribution is -2.26. The van der Waals surface area contributed by atoms with Gasteiger partial charge in [-0.25, -0.2) is 0 Å². The van der Waals surface area contributed by atoms with Gasteiger partial charge >= 0.3 is 0 Å². The van der Waals surface area contributed by atoms with Crippen LogP contribution in [0.4, 0.5) is 0 Å². The van der Waals surface area contributed by atoms with Crippen LogP contribution in [0.1, 0.15) is 44.2 Å². The highest BCUT2D eigenvalue weighted by molar-refractivity contribution is 7.98. The number of thioether (sulfide) groups is 1. The van der Waals surface area contributed by atoms with Crippen LogP contribution in [0.15, 0.2) is 24.3 Å². The minimum atomic E-state index is 0.670. The molecular weight excluding hydrogens is 238 g/mol. The van der Waals surface area contributed by atoms with Gasteiger partial charge in [0.2, 0.25) is 0 Å². The van der Waals surface area contributed by atoms with E-state index in [1.165, 1.54) is 36.1 Å². The average molecular weight is 265 g/mol. The maximum Gasteiger partial charge on any atom is 0.0187 e. The molecule has 1 N–H and O–H groups in total. The number of hydrogen-bond donors (Lipinski definition) is 1. The molecule has 2 heteroatoms. The fourth-order valence-electron chi connectivity index (χ4n) is 1.94. The molecular formula is C16H27NS. The SMILES string of the molecule is CCCNC(C)CCCSCc1ccccc1C. The van der Waals surface area contributed by atoms with Crippen LogP contribution in [-0.2, 0) is 5.75 Å². The van der Waals surface area contributed by atoms with Crippen LogP contribution >= 0.6 is 11.8 Å². The first kappa shape index (κ1) is 15.6. The molecule has 1 unspecified atom stereocenters. The number of rotatable bonds is 9. The third kappa shape index (κ3) is 6.46. The first-order valence-electron chi connectivity index (χ1n) is 7.09. The Kier molecular flexibility index (Phi) is 8.19. The summed E-state index contributed by atoms with van der Waals surface area (Å²) in [6.45, 7) is 7.86. The number of benzene rings is 1. The van der Waals surface area contributed by atoms with Gasteiger partial charge in [-0.3, -0.25) is 0 Å². The molecule has 0 aliphatic carbocycles. The molecule has 1 atom stereocenters. The molecule has 0 saturated carbocycles. The van der Waals surface area contributed by atoms with Gasteiger partial charge in [0, 0.05) is 11.8 Å². The third-order valence-electron chi connectivity index (χ3n) is 3.19. The molecule has 0 aromatic heterocycles. The van der Waals surface area contributed by atoms with E-state index in [1.54, 1.807) is 0 Å². The summed E-state index contributed by atoms with van der Waals surface area (Å²) in [5.41, 5.74) is 2.91. The molecule has 0 heterocycles. The minimum Gasteiger partial charge on any atom is -0.314 e. The summed E-state index contributed by atoms with van der Waals surface area (Å²) in [6.07, 6.45) is 3.83. The summed E-state index contributed by atoms with van der Waals surface area (Å²) in [5.74, 6) is 2.43. The fraction of sp³-hybridized carbons (Fsp3) is 0.625. The quantitative estimate of drug-likeness (QED) is 0.664. The van der Waals surface area contributed by atoms with Crippen molar-refractivity contribution in [3.05, 3.63) is 35.4 Å². The second-order valence-electron chi connectivity index (χ2n) is 4.98. The van der Waals surface area contributed by atoms with E-state index >= 15 is 0 Å². The van der Waals surface area contributed by atoms with Crippen LogP contribution in [0.3, 0.4) is 0 Å². The second kappa shape index (κ2) is 9.46. The van der Waals surface area contributed by atoms with Crippen molar-refractivity contribution in [1.82, 2.24) is 5.32 Å². The fourth-order valence-corrected chi connectivity index (χ4v) is 3.00. The van der Waals surface area contributed by atoms with Gasteiger partial charge in [0.05, 0.1) is 0 Å². The summed E-state index contributed by atoms with van der Waals surface area (Å²) >= 11 is 2.06. The Morgan fingerprint density at radius 3 is 2.78 bits per heavy atom. The Bertz CT molecular complexity index is 325. The number of nitrogens with one attached hydrogen (secondary N) is 1. The molecule has 0 spiro atoms. The van der Waals surface area contributed by atoms with E-state index in [0.29, 0.717) is 6.04 Å². The lowest BCUT2D eigenvalue weighted by atomic mass is 10.1. The van der Waals surface area contributed by atoms with Gasteiger partial charge in [0.15, 0.2) is 0 Å². The lowest BCUT2D eigenvalue weighted by molar-refractivity contribution is 0.510. The summed E-state index contributed by atoms with van der Waals surface area (Å²) < 4.78 is 0. The van der Waals surface area contributed by atoms with Crippen LogP contribution in [0.5, 0.6) is 0 Å². The van der Waals surface area contributed by atoms with Crippen LogP contribution in [0.2, 0.25) is 0 Å². The standard InChI is InChI=1S/C16H27NS/c1-4-11-17-15(3)9-7-12-18-13-16-10-6-5-8-14(16)2/h5-6,8,10,15,17H,4,7,9,11-13H2,1-3H3. The van der Waals surface area contributed by atoms with E-state index in [-0.39, 0.29) is 0 Å². The molecule has 102 valence electrons. The van der Waals surface area contributed by atoms with Crippen molar-refractivity contribution in [3.8, 4) is 0 Å². The van der Waals surface area contributed by atoms with Crippen molar-refractivity contribution in [1.29, 1.82) is 0 Å². The Hall–Kier alpha value is -0.470. The Morgan fingerprint density at radius 2 is 2.06 bits per heavy atom. The third-order valence-corrected chi connectivity index (χ3v) is 4.28. The molecule has 0 amide bonds. The van der Waals surface area contributed by atoms with Gasteiger partial charge in [-0.2, -0.15) is 11.8 Å². The highest BCUT2D eigenvalue weighted by atomic mass is 32.2. The van der Waals surface area contributed by atoms with E-state index < -0.39 is 0 Å². The zero-order chi connectivity index (χ0) is 13.2. The van der Waals surface area contributed by atoms with Crippen molar-refractivity contribution >= 4 is 11.8 Å². The number of hydrogen-bond acceptors (Lipinski definition) is 2. The lowest BCUT2D eigenvalue weighted by Gasteiger charge is -2.12. The predicted molar refractivity (Wildman–Crippen MR) is 84.3 cm³/mol. The van der Waals surface area contributed by atoms with Crippen LogP contribution in [0, 0.1) is 6.92 Å². The second-order valence-corrected chi connectivity index (χ2v) is 6.08. The van der Waals surface area contributed by atoms with E-state index in [9.17, 15) is 0 Å². The topological polar surface area (TPSA) is 12.0 Å². The van der Waals surface area contributed by atoms with Crippen molar-refractivity contribution in [2.24, 2.45) is 0 Å². The summed E-state index contributed by atoms with van der Waals surface area (Å²) in [7, 11) is 0. The molecule has 1 rings (SSSR count). The van der Waals surface area contributed by atoms with E-state index in [4.69, 9.17) is 0 Å². The van der Waals surface area contributed by atoms with Crippen LogP contribution in [0.25, 0.3) is 0 Å². The molecule has 1 aromatic carbocycles. The van der Waals surface area contributed by atoms with Crippen molar-refractivity contribution < 1.29 is 0 Å². The summed E-state index contributed by atoms with van der Waals surface area (Å²) in [4.78, 5) is 0. The number of aryl methyl sites for hydroxylation is 1. The average Bonchev–Trinajstić information content (AvgIpc) is 2.38. The molecule has 0 aliphatic heterocycles. The van der Waals surface area contributed by atoms with Gasteiger partial charge in [-0.1, -0.05) is 31.2 Å².